The predicted octanol–water partition coefficient (Wildman–Crippen LogP) is 4.46. The van der Waals surface area contributed by atoms with Gasteiger partial charge in [0.15, 0.2) is 0 Å². The molecule has 0 saturated carbocycles. The van der Waals surface area contributed by atoms with E-state index in [2.05, 4.69) is 85.8 Å². The Bertz CT molecular complexity index is 452. The first-order valence-electron chi connectivity index (χ1n) is 7.71. The molecule has 0 radical (unpaired) electrons. The average Bonchev–Trinajstić information content (AvgIpc) is 2.35. The summed E-state index contributed by atoms with van der Waals surface area (Å²) >= 11 is 3.53. The zero-order chi connectivity index (χ0) is 16.2. The zero-order valence-electron chi connectivity index (χ0n) is 14.5. The Balaban J connectivity index is 2.95. The molecular formula is C17H30BrN3. The molecule has 1 unspecified atom stereocenters. The lowest BCUT2D eigenvalue weighted by molar-refractivity contribution is 0.328. The van der Waals surface area contributed by atoms with Crippen LogP contribution >= 0.6 is 15.9 Å². The van der Waals surface area contributed by atoms with Crippen molar-refractivity contribution in [3.8, 4) is 0 Å². The van der Waals surface area contributed by atoms with Gasteiger partial charge in [-0.1, -0.05) is 34.6 Å². The molecule has 1 aromatic heterocycles. The number of hydrogen-bond donors (Lipinski definition) is 1. The van der Waals surface area contributed by atoms with Gasteiger partial charge in [-0.05, 0) is 46.8 Å². The van der Waals surface area contributed by atoms with E-state index in [0.717, 1.165) is 23.4 Å². The lowest BCUT2D eigenvalue weighted by Gasteiger charge is -2.37. The SMILES string of the molecule is CC(C)CNCc1cc(Br)cnc1N(C)C(C)C(C)(C)C. The predicted molar refractivity (Wildman–Crippen MR) is 95.8 cm³/mol. The Morgan fingerprint density at radius 2 is 1.90 bits per heavy atom. The number of anilines is 1. The Labute approximate surface area is 138 Å². The second kappa shape index (κ2) is 7.59. The van der Waals surface area contributed by atoms with Gasteiger partial charge in [0.1, 0.15) is 5.82 Å². The largest absolute Gasteiger partial charge is 0.356 e. The van der Waals surface area contributed by atoms with Crippen LogP contribution in [-0.4, -0.2) is 24.6 Å². The second-order valence-electron chi connectivity index (χ2n) is 7.31. The Morgan fingerprint density at radius 1 is 1.29 bits per heavy atom. The standard InChI is InChI=1S/C17H30BrN3/c1-12(2)9-19-10-14-8-15(18)11-20-16(14)21(7)13(3)17(4,5)6/h8,11-13,19H,9-10H2,1-7H3. The quantitative estimate of drug-likeness (QED) is 0.816. The number of nitrogens with zero attached hydrogens (tertiary/aromatic N) is 2. The highest BCUT2D eigenvalue weighted by molar-refractivity contribution is 9.10. The maximum atomic E-state index is 4.65. The minimum atomic E-state index is 0.214. The van der Waals surface area contributed by atoms with Crippen molar-refractivity contribution in [2.45, 2.75) is 54.1 Å². The third-order valence-corrected chi connectivity index (χ3v) is 4.38. The summed E-state index contributed by atoms with van der Waals surface area (Å²) in [7, 11) is 2.14. The van der Waals surface area contributed by atoms with Crippen molar-refractivity contribution in [2.24, 2.45) is 11.3 Å². The molecule has 0 aliphatic rings. The zero-order valence-corrected chi connectivity index (χ0v) is 16.1. The van der Waals surface area contributed by atoms with E-state index in [1.54, 1.807) is 0 Å². The van der Waals surface area contributed by atoms with Crippen molar-refractivity contribution in [1.82, 2.24) is 10.3 Å². The van der Waals surface area contributed by atoms with Gasteiger partial charge in [-0.3, -0.25) is 0 Å². The normalized spacial score (nSPS) is 13.6. The van der Waals surface area contributed by atoms with Crippen LogP contribution in [0, 0.1) is 11.3 Å². The highest BCUT2D eigenvalue weighted by Gasteiger charge is 2.26. The van der Waals surface area contributed by atoms with Gasteiger partial charge >= 0.3 is 0 Å². The summed E-state index contributed by atoms with van der Waals surface area (Å²) in [5, 5.41) is 3.51. The van der Waals surface area contributed by atoms with Crippen LogP contribution in [0.25, 0.3) is 0 Å². The Kier molecular flexibility index (Phi) is 6.67. The maximum Gasteiger partial charge on any atom is 0.133 e. The van der Waals surface area contributed by atoms with Crippen LogP contribution in [0.4, 0.5) is 5.82 Å². The molecule has 0 aliphatic carbocycles. The van der Waals surface area contributed by atoms with Gasteiger partial charge in [-0.25, -0.2) is 4.98 Å². The molecule has 1 aromatic rings. The molecule has 4 heteroatoms. The Morgan fingerprint density at radius 3 is 2.43 bits per heavy atom. The van der Waals surface area contributed by atoms with Gasteiger partial charge in [-0.15, -0.1) is 0 Å². The average molecular weight is 356 g/mol. The van der Waals surface area contributed by atoms with Crippen LogP contribution in [0.3, 0.4) is 0 Å². The fraction of sp³-hybridized carbons (Fsp3) is 0.706. The molecular weight excluding hydrogens is 326 g/mol. The summed E-state index contributed by atoms with van der Waals surface area (Å²) in [5.41, 5.74) is 1.45. The van der Waals surface area contributed by atoms with Crippen molar-refractivity contribution in [3.63, 3.8) is 0 Å². The summed E-state index contributed by atoms with van der Waals surface area (Å²) in [6, 6.07) is 2.58. The molecule has 3 nitrogen and oxygen atoms in total. The fourth-order valence-electron chi connectivity index (χ4n) is 2.18. The first-order chi connectivity index (χ1) is 9.62. The highest BCUT2D eigenvalue weighted by Crippen LogP contribution is 2.29. The third-order valence-electron chi connectivity index (χ3n) is 3.95. The fourth-order valence-corrected chi connectivity index (χ4v) is 2.56. The van der Waals surface area contributed by atoms with E-state index in [1.165, 1.54) is 5.56 Å². The monoisotopic (exact) mass is 355 g/mol. The van der Waals surface area contributed by atoms with E-state index in [-0.39, 0.29) is 5.41 Å². The van der Waals surface area contributed by atoms with Gasteiger partial charge < -0.3 is 10.2 Å². The van der Waals surface area contributed by atoms with Gasteiger partial charge in [0.05, 0.1) is 0 Å². The lowest BCUT2D eigenvalue weighted by atomic mass is 9.87. The molecule has 0 aromatic carbocycles. The van der Waals surface area contributed by atoms with Crippen LogP contribution in [-0.2, 0) is 6.54 Å². The molecule has 1 atom stereocenters. The molecule has 120 valence electrons. The number of rotatable bonds is 6. The molecule has 0 saturated heterocycles. The minimum absolute atomic E-state index is 0.214. The van der Waals surface area contributed by atoms with Crippen molar-refractivity contribution in [1.29, 1.82) is 0 Å². The van der Waals surface area contributed by atoms with Gasteiger partial charge in [0.25, 0.3) is 0 Å². The summed E-state index contributed by atoms with van der Waals surface area (Å²) in [4.78, 5) is 6.94. The molecule has 21 heavy (non-hydrogen) atoms. The van der Waals surface area contributed by atoms with Crippen molar-refractivity contribution < 1.29 is 0 Å². The second-order valence-corrected chi connectivity index (χ2v) is 8.23. The van der Waals surface area contributed by atoms with E-state index in [1.807, 2.05) is 6.20 Å². The molecule has 0 fully saturated rings. The first-order valence-corrected chi connectivity index (χ1v) is 8.50. The van der Waals surface area contributed by atoms with E-state index in [4.69, 9.17) is 0 Å². The number of aromatic nitrogens is 1. The summed E-state index contributed by atoms with van der Waals surface area (Å²) in [6.07, 6.45) is 1.88. The minimum Gasteiger partial charge on any atom is -0.356 e. The van der Waals surface area contributed by atoms with Crippen LogP contribution in [0.15, 0.2) is 16.7 Å². The topological polar surface area (TPSA) is 28.2 Å². The van der Waals surface area contributed by atoms with Crippen LogP contribution < -0.4 is 10.2 Å². The summed E-state index contributed by atoms with van der Waals surface area (Å²) < 4.78 is 1.03. The van der Waals surface area contributed by atoms with E-state index >= 15 is 0 Å². The maximum absolute atomic E-state index is 4.65. The van der Waals surface area contributed by atoms with Crippen LogP contribution in [0.2, 0.25) is 0 Å². The van der Waals surface area contributed by atoms with Gasteiger partial charge in [0, 0.05) is 35.9 Å². The number of halogens is 1. The third kappa shape index (κ3) is 5.59. The molecule has 0 bridgehead atoms. The number of hydrogen-bond acceptors (Lipinski definition) is 3. The van der Waals surface area contributed by atoms with Crippen molar-refractivity contribution in [2.75, 3.05) is 18.5 Å². The summed E-state index contributed by atoms with van der Waals surface area (Å²) in [6.45, 7) is 15.4. The molecule has 1 rings (SSSR count). The highest BCUT2D eigenvalue weighted by atomic mass is 79.9. The molecule has 0 amide bonds. The lowest BCUT2D eigenvalue weighted by Crippen LogP contribution is -2.40. The number of nitrogens with one attached hydrogen (secondary N) is 1. The summed E-state index contributed by atoms with van der Waals surface area (Å²) in [5.74, 6) is 1.72. The molecule has 0 spiro atoms. The van der Waals surface area contributed by atoms with E-state index < -0.39 is 0 Å². The Hall–Kier alpha value is -0.610. The molecule has 0 aliphatic heterocycles. The number of pyridine rings is 1. The first kappa shape index (κ1) is 18.4. The molecule has 1 N–H and O–H groups in total. The van der Waals surface area contributed by atoms with Gasteiger partial charge in [0.2, 0.25) is 0 Å². The van der Waals surface area contributed by atoms with Crippen molar-refractivity contribution in [3.05, 3.63) is 22.3 Å². The smallest absolute Gasteiger partial charge is 0.133 e. The van der Waals surface area contributed by atoms with E-state index in [9.17, 15) is 0 Å². The van der Waals surface area contributed by atoms with Gasteiger partial charge in [-0.2, -0.15) is 0 Å². The van der Waals surface area contributed by atoms with Crippen LogP contribution in [0.5, 0.6) is 0 Å². The van der Waals surface area contributed by atoms with Crippen LogP contribution in [0.1, 0.15) is 47.1 Å². The van der Waals surface area contributed by atoms with Crippen molar-refractivity contribution >= 4 is 21.7 Å². The van der Waals surface area contributed by atoms with E-state index in [0.29, 0.717) is 12.0 Å². The molecule has 1 heterocycles.